The van der Waals surface area contributed by atoms with E-state index < -0.39 is 41.2 Å². The Morgan fingerprint density at radius 1 is 0.534 bits per heavy atom. The van der Waals surface area contributed by atoms with Crippen LogP contribution in [0.15, 0.2) is 55.8 Å². The van der Waals surface area contributed by atoms with Gasteiger partial charge in [-0.2, -0.15) is 24.9 Å². The summed E-state index contributed by atoms with van der Waals surface area (Å²) < 4.78 is 28.6. The molecule has 0 saturated heterocycles. The Bertz CT molecular complexity index is 3480. The maximum Gasteiger partial charge on any atom is 0.414 e. The number of hydrogen-bond donors (Lipinski definition) is 7. The Morgan fingerprint density at radius 3 is 1.51 bits per heavy atom. The number of amides is 4. The van der Waals surface area contributed by atoms with Gasteiger partial charge in [0.2, 0.25) is 11.9 Å². The molecule has 9 N–H and O–H groups in total. The Hall–Kier alpha value is -9.91. The summed E-state index contributed by atoms with van der Waals surface area (Å²) >= 11 is 4.84. The Morgan fingerprint density at radius 2 is 1.01 bits per heavy atom. The second-order valence-electron chi connectivity index (χ2n) is 22.1. The van der Waals surface area contributed by atoms with Crippen LogP contribution in [-0.2, 0) is 58.1 Å². The van der Waals surface area contributed by atoms with E-state index >= 15 is 0 Å². The molecule has 0 radical (unpaired) electrons. The minimum atomic E-state index is -0.598. The number of ether oxygens (including phenoxy) is 4. The van der Waals surface area contributed by atoms with Crippen LogP contribution >= 0.6 is 12.2 Å². The lowest BCUT2D eigenvalue weighted by Gasteiger charge is -2.21. The van der Waals surface area contributed by atoms with Crippen LogP contribution in [0, 0.1) is 0 Å². The van der Waals surface area contributed by atoms with Crippen molar-refractivity contribution in [2.24, 2.45) is 0 Å². The number of alkyl carbamates (subject to hydrolysis) is 1. The lowest BCUT2D eigenvalue weighted by atomic mass is 10.2. The highest BCUT2D eigenvalue weighted by Gasteiger charge is 2.23. The van der Waals surface area contributed by atoms with Gasteiger partial charge in [-0.15, -0.1) is 25.5 Å². The normalized spacial score (nSPS) is 13.5. The van der Waals surface area contributed by atoms with E-state index in [1.54, 1.807) is 69.4 Å². The number of aromatic nitrogens is 19. The van der Waals surface area contributed by atoms with Gasteiger partial charge < -0.3 is 35.7 Å². The fourth-order valence-electron chi connectivity index (χ4n) is 7.44. The number of nitrogens with two attached hydrogens (primary N) is 2. The number of fused-ring (bicyclic) bond motifs is 5. The zero-order valence-electron chi connectivity index (χ0n) is 51.2. The molecule has 0 aliphatic carbocycles. The smallest absolute Gasteiger partial charge is 0.414 e. The molecule has 0 atom stereocenters. The first-order valence-corrected chi connectivity index (χ1v) is 28.0. The zero-order chi connectivity index (χ0) is 64.2. The van der Waals surface area contributed by atoms with Crippen molar-refractivity contribution in [3.05, 3.63) is 73.2 Å². The largest absolute Gasteiger partial charge is 0.450 e. The molecule has 8 aromatic heterocycles. The van der Waals surface area contributed by atoms with Gasteiger partial charge in [0.1, 0.15) is 34.3 Å². The van der Waals surface area contributed by atoms with Crippen molar-refractivity contribution in [2.45, 2.75) is 138 Å². The number of likely N-dealkylation sites (N-methyl/N-ethyl adjacent to an activating group) is 2. The molecule has 3 aliphatic rings. The maximum atomic E-state index is 11.6. The second-order valence-corrected chi connectivity index (χ2v) is 22.5. The molecular formula is C51H76N28O8S. The number of hydrogen-bond acceptors (Lipinski definition) is 27. The number of carbonyl (C=O) groups is 4. The van der Waals surface area contributed by atoms with Crippen LogP contribution < -0.4 is 38.1 Å². The molecular weight excluding hydrogens is 1160 g/mol. The first-order chi connectivity index (χ1) is 41.5. The minimum absolute atomic E-state index is 0.119. The van der Waals surface area contributed by atoms with Crippen molar-refractivity contribution in [3.8, 4) is 0 Å². The Balaban J connectivity index is 0.000000170. The molecule has 11 heterocycles. The van der Waals surface area contributed by atoms with Gasteiger partial charge in [0.05, 0.1) is 51.4 Å². The summed E-state index contributed by atoms with van der Waals surface area (Å²) in [7, 11) is 4.09. The molecule has 37 heteroatoms. The highest BCUT2D eigenvalue weighted by Crippen LogP contribution is 2.17. The maximum absolute atomic E-state index is 11.6. The molecule has 88 heavy (non-hydrogen) atoms. The van der Waals surface area contributed by atoms with E-state index in [0.717, 1.165) is 82.5 Å². The van der Waals surface area contributed by atoms with Crippen LogP contribution in [0.5, 0.6) is 0 Å². The van der Waals surface area contributed by atoms with Crippen LogP contribution in [0.3, 0.4) is 0 Å². The third-order valence-electron chi connectivity index (χ3n) is 10.9. The van der Waals surface area contributed by atoms with Crippen LogP contribution in [-0.4, -0.2) is 183 Å². The summed E-state index contributed by atoms with van der Waals surface area (Å²) in [5.41, 5.74) is 10.4. The summed E-state index contributed by atoms with van der Waals surface area (Å²) in [4.78, 5) is 85.9. The summed E-state index contributed by atoms with van der Waals surface area (Å²) in [6.07, 6.45) is 15.2. The number of nitrogens with zero attached hydrogens (tertiary/aromatic N) is 21. The van der Waals surface area contributed by atoms with Crippen molar-refractivity contribution < 1.29 is 38.1 Å². The van der Waals surface area contributed by atoms with Crippen LogP contribution in [0.4, 0.5) is 54.7 Å². The van der Waals surface area contributed by atoms with Crippen molar-refractivity contribution in [1.82, 2.24) is 109 Å². The van der Waals surface area contributed by atoms with Gasteiger partial charge in [-0.1, -0.05) is 0 Å². The molecule has 0 spiro atoms. The van der Waals surface area contributed by atoms with Crippen LogP contribution in [0.25, 0.3) is 11.3 Å². The highest BCUT2D eigenvalue weighted by atomic mass is 32.1. The highest BCUT2D eigenvalue weighted by molar-refractivity contribution is 7.80. The van der Waals surface area contributed by atoms with Crippen molar-refractivity contribution in [3.63, 3.8) is 0 Å². The number of anilines is 6. The fraction of sp³-hybridized carbons (Fsp3) is 0.510. The van der Waals surface area contributed by atoms with E-state index in [1.165, 1.54) is 23.1 Å². The van der Waals surface area contributed by atoms with E-state index in [9.17, 15) is 19.2 Å². The third-order valence-corrected chi connectivity index (χ3v) is 11.1. The third kappa shape index (κ3) is 23.5. The Labute approximate surface area is 511 Å². The van der Waals surface area contributed by atoms with Crippen molar-refractivity contribution >= 4 is 88.6 Å². The van der Waals surface area contributed by atoms with Gasteiger partial charge in [0.25, 0.3) is 17.8 Å². The lowest BCUT2D eigenvalue weighted by Crippen LogP contribution is -2.34. The van der Waals surface area contributed by atoms with Crippen molar-refractivity contribution in [1.29, 1.82) is 0 Å². The standard InChI is InChI=1S/C11H19N5O2.C11H18N4O2.C10H13N5O2.C8H10N4O2S.C6H11N5.C5H5N5/c1-11(2,3)18-10(17)13-9-12-8-7-15(4)5-6-16(8)14-9;1-11(2,3)17-10(16)13-9-12-8-6-4-5-7-15(8)14-9;1-10(2,3)17-9(16)13-8-12-7-6-11-4-5-15(7)14-8;1-2-14-8(13)12-7(15)11-6-5-9-3-4-10-6;1-10-2-3-11-5(4-10)8-6(7)9-11;6-5-8-4-3-7-1-2-10(4)9-5/h5-7H2,1-4H3,(H,13,14,17);4-7H2,1-3H3,(H,13,14,16);4-6H,1-3H3,(H,13,14,16);3-5H,2H2,1H3,(H2,10,11,12,13,15);2-4H2,1H3,(H2,7,9);1-3H,(H2,6,9). The molecule has 8 aromatic rings. The molecule has 3 aliphatic heterocycles. The number of nitrogens with one attached hydrogen (secondary N) is 5. The van der Waals surface area contributed by atoms with E-state index in [1.807, 2.05) is 62.6 Å². The SMILES string of the molecule is CC(C)(C)OC(=O)Nc1nc2cnccn2n1.CC(C)(C)OC(=O)Nc1nc2n(n1)CCCC2.CCOC(=O)NC(=S)Nc1cnccn1.CN1CCn2nc(N)nc2C1.CN1CCn2nc(NC(=O)OC(C)(C)C)nc2C1.Nc1nc2cnccn2n1. The van der Waals surface area contributed by atoms with Gasteiger partial charge in [0, 0.05) is 63.2 Å². The van der Waals surface area contributed by atoms with Crippen LogP contribution in [0.1, 0.15) is 99.6 Å². The van der Waals surface area contributed by atoms with Gasteiger partial charge in [-0.25, -0.2) is 47.2 Å². The first-order valence-electron chi connectivity index (χ1n) is 27.6. The van der Waals surface area contributed by atoms with Gasteiger partial charge in [-0.05, 0) is 108 Å². The molecule has 0 fully saturated rings. The molecule has 11 rings (SSSR count). The van der Waals surface area contributed by atoms with E-state index in [4.69, 9.17) is 37.9 Å². The zero-order valence-corrected chi connectivity index (χ0v) is 52.0. The molecule has 0 bridgehead atoms. The average molecular weight is 1240 g/mol. The number of carbonyl (C=O) groups excluding carboxylic acids is 4. The molecule has 0 saturated carbocycles. The number of thiocarbonyl (C=S) groups is 1. The first kappa shape index (κ1) is 67.2. The summed E-state index contributed by atoms with van der Waals surface area (Å²) in [6.45, 7) is 24.4. The molecule has 36 nitrogen and oxygen atoms in total. The second kappa shape index (κ2) is 30.9. The van der Waals surface area contributed by atoms with Crippen LogP contribution in [0.2, 0.25) is 0 Å². The van der Waals surface area contributed by atoms with E-state index in [0.29, 0.717) is 41.6 Å². The molecule has 0 unspecified atom stereocenters. The number of nitrogen functional groups attached to an aromatic ring is 2. The topological polar surface area (TPSA) is 428 Å². The van der Waals surface area contributed by atoms with Gasteiger partial charge in [-0.3, -0.25) is 46.0 Å². The predicted octanol–water partition coefficient (Wildman–Crippen LogP) is 4.43. The van der Waals surface area contributed by atoms with E-state index in [-0.39, 0.29) is 17.0 Å². The molecule has 474 valence electrons. The molecule has 0 aromatic carbocycles. The fourth-order valence-corrected chi connectivity index (χ4v) is 7.62. The van der Waals surface area contributed by atoms with Gasteiger partial charge in [0.15, 0.2) is 22.2 Å². The average Bonchev–Trinajstić information content (AvgIpc) is 4.42. The van der Waals surface area contributed by atoms with Crippen molar-refractivity contribution in [2.75, 3.05) is 66.5 Å². The summed E-state index contributed by atoms with van der Waals surface area (Å²) in [6, 6.07) is 0. The monoisotopic (exact) mass is 1240 g/mol. The van der Waals surface area contributed by atoms with Gasteiger partial charge >= 0.3 is 24.4 Å². The quantitative estimate of drug-likeness (QED) is 0.0925. The Kier molecular flexibility index (Phi) is 23.6. The lowest BCUT2D eigenvalue weighted by molar-refractivity contribution is 0.0623. The van der Waals surface area contributed by atoms with E-state index in [2.05, 4.69) is 119 Å². The summed E-state index contributed by atoms with van der Waals surface area (Å²) in [5.74, 6) is 4.69. The number of aryl methyl sites for hydroxylation is 2. The minimum Gasteiger partial charge on any atom is -0.450 e. The summed E-state index contributed by atoms with van der Waals surface area (Å²) in [5, 5.41) is 33.0. The number of rotatable bonds is 5. The predicted molar refractivity (Wildman–Crippen MR) is 324 cm³/mol. The molecule has 4 amide bonds.